The standard InChI is InChI=1S/C16H16N4O3S/c1-22-15-10-13(24-12-19)4-5-14(15)23-11-16(21)20(8-2-6-17)9-3-7-18/h4-5,10H,2-3,8-9,11H2,1H3. The van der Waals surface area contributed by atoms with E-state index in [2.05, 4.69) is 0 Å². The van der Waals surface area contributed by atoms with Crippen LogP contribution in [0.4, 0.5) is 0 Å². The van der Waals surface area contributed by atoms with Gasteiger partial charge in [0.15, 0.2) is 18.1 Å². The third-order valence-corrected chi connectivity index (χ3v) is 3.57. The zero-order valence-electron chi connectivity index (χ0n) is 13.2. The van der Waals surface area contributed by atoms with E-state index in [-0.39, 0.29) is 38.4 Å². The first kappa shape index (κ1) is 19.2. The molecular weight excluding hydrogens is 328 g/mol. The Bertz CT molecular complexity index is 670. The number of nitriles is 3. The van der Waals surface area contributed by atoms with E-state index >= 15 is 0 Å². The average Bonchev–Trinajstić information content (AvgIpc) is 2.60. The first-order chi connectivity index (χ1) is 11.7. The Balaban J connectivity index is 2.72. The van der Waals surface area contributed by atoms with E-state index in [0.29, 0.717) is 16.4 Å². The Morgan fingerprint density at radius 1 is 1.17 bits per heavy atom. The van der Waals surface area contributed by atoms with Crippen molar-refractivity contribution in [2.75, 3.05) is 26.8 Å². The van der Waals surface area contributed by atoms with Gasteiger partial charge in [0.25, 0.3) is 5.91 Å². The monoisotopic (exact) mass is 344 g/mol. The lowest BCUT2D eigenvalue weighted by molar-refractivity contribution is -0.133. The minimum Gasteiger partial charge on any atom is -0.493 e. The molecule has 0 aliphatic heterocycles. The second kappa shape index (κ2) is 10.8. The summed E-state index contributed by atoms with van der Waals surface area (Å²) >= 11 is 0.995. The van der Waals surface area contributed by atoms with Gasteiger partial charge in [-0.1, -0.05) is 0 Å². The van der Waals surface area contributed by atoms with E-state index in [1.165, 1.54) is 12.0 Å². The Labute approximate surface area is 145 Å². The van der Waals surface area contributed by atoms with Crippen molar-refractivity contribution in [3.8, 4) is 29.0 Å². The van der Waals surface area contributed by atoms with Crippen LogP contribution in [0.5, 0.6) is 11.5 Å². The molecule has 0 atom stereocenters. The van der Waals surface area contributed by atoms with E-state index in [4.69, 9.17) is 25.3 Å². The van der Waals surface area contributed by atoms with Crippen LogP contribution in [0.2, 0.25) is 0 Å². The quantitative estimate of drug-likeness (QED) is 0.499. The van der Waals surface area contributed by atoms with Gasteiger partial charge >= 0.3 is 0 Å². The van der Waals surface area contributed by atoms with Gasteiger partial charge < -0.3 is 14.4 Å². The number of carbonyl (C=O) groups excluding carboxylic acids is 1. The number of thioether (sulfide) groups is 1. The normalized spacial score (nSPS) is 9.25. The number of ether oxygens (including phenoxy) is 2. The fourth-order valence-corrected chi connectivity index (χ4v) is 2.25. The molecular formula is C16H16N4O3S. The molecule has 0 radical (unpaired) electrons. The molecule has 1 aromatic carbocycles. The highest BCUT2D eigenvalue weighted by molar-refractivity contribution is 8.03. The molecule has 0 saturated carbocycles. The first-order valence-electron chi connectivity index (χ1n) is 7.04. The van der Waals surface area contributed by atoms with Crippen molar-refractivity contribution in [1.82, 2.24) is 4.90 Å². The maximum absolute atomic E-state index is 12.2. The highest BCUT2D eigenvalue weighted by atomic mass is 32.2. The van der Waals surface area contributed by atoms with Crippen molar-refractivity contribution >= 4 is 17.7 Å². The van der Waals surface area contributed by atoms with Crippen LogP contribution >= 0.6 is 11.8 Å². The summed E-state index contributed by atoms with van der Waals surface area (Å²) in [7, 11) is 1.47. The predicted molar refractivity (Wildman–Crippen MR) is 87.0 cm³/mol. The Hall–Kier alpha value is -2.89. The van der Waals surface area contributed by atoms with E-state index in [1.54, 1.807) is 18.2 Å². The van der Waals surface area contributed by atoms with E-state index in [1.807, 2.05) is 17.5 Å². The van der Waals surface area contributed by atoms with Gasteiger partial charge in [-0.05, 0) is 30.0 Å². The highest BCUT2D eigenvalue weighted by Crippen LogP contribution is 2.31. The maximum atomic E-state index is 12.2. The molecule has 0 fully saturated rings. The number of hydrogen-bond acceptors (Lipinski definition) is 7. The van der Waals surface area contributed by atoms with Gasteiger partial charge in [-0.15, -0.1) is 0 Å². The lowest BCUT2D eigenvalue weighted by atomic mass is 10.3. The highest BCUT2D eigenvalue weighted by Gasteiger charge is 2.15. The van der Waals surface area contributed by atoms with Gasteiger partial charge in [-0.3, -0.25) is 4.79 Å². The second-order valence-corrected chi connectivity index (χ2v) is 5.35. The Morgan fingerprint density at radius 3 is 2.38 bits per heavy atom. The molecule has 8 heteroatoms. The number of thiocyanates is 1. The summed E-state index contributed by atoms with van der Waals surface area (Å²) in [5.74, 6) is 0.496. The van der Waals surface area contributed by atoms with Crippen LogP contribution in [0.3, 0.4) is 0 Å². The zero-order valence-corrected chi connectivity index (χ0v) is 14.0. The van der Waals surface area contributed by atoms with Crippen LogP contribution < -0.4 is 9.47 Å². The molecule has 0 aliphatic rings. The van der Waals surface area contributed by atoms with Crippen molar-refractivity contribution in [2.24, 2.45) is 0 Å². The molecule has 1 amide bonds. The van der Waals surface area contributed by atoms with Crippen LogP contribution in [0.25, 0.3) is 0 Å². The number of methoxy groups -OCH3 is 1. The number of nitrogens with zero attached hydrogens (tertiary/aromatic N) is 4. The molecule has 0 heterocycles. The second-order valence-electron chi connectivity index (χ2n) is 4.49. The number of hydrogen-bond donors (Lipinski definition) is 0. The van der Waals surface area contributed by atoms with Gasteiger partial charge in [-0.2, -0.15) is 15.8 Å². The van der Waals surface area contributed by atoms with Crippen LogP contribution in [0.1, 0.15) is 12.8 Å². The van der Waals surface area contributed by atoms with Crippen molar-refractivity contribution in [2.45, 2.75) is 17.7 Å². The van der Waals surface area contributed by atoms with E-state index in [0.717, 1.165) is 11.8 Å². The molecule has 0 aromatic heterocycles. The van der Waals surface area contributed by atoms with Crippen molar-refractivity contribution in [3.63, 3.8) is 0 Å². The SMILES string of the molecule is COc1cc(SC#N)ccc1OCC(=O)N(CCC#N)CCC#N. The molecule has 0 bridgehead atoms. The smallest absolute Gasteiger partial charge is 0.260 e. The van der Waals surface area contributed by atoms with Gasteiger partial charge in [-0.25, -0.2) is 0 Å². The minimum absolute atomic E-state index is 0.195. The Kier molecular flexibility index (Phi) is 8.60. The summed E-state index contributed by atoms with van der Waals surface area (Å²) in [6.07, 6.45) is 0.390. The minimum atomic E-state index is -0.307. The predicted octanol–water partition coefficient (Wildman–Crippen LogP) is 2.30. The van der Waals surface area contributed by atoms with Crippen LogP contribution in [0.15, 0.2) is 23.1 Å². The van der Waals surface area contributed by atoms with Gasteiger partial charge in [0, 0.05) is 18.0 Å². The van der Waals surface area contributed by atoms with Crippen molar-refractivity contribution < 1.29 is 14.3 Å². The zero-order chi connectivity index (χ0) is 17.8. The largest absolute Gasteiger partial charge is 0.493 e. The number of amides is 1. The van der Waals surface area contributed by atoms with Crippen LogP contribution in [0, 0.1) is 33.3 Å². The molecule has 0 aliphatic carbocycles. The third kappa shape index (κ3) is 6.08. The molecule has 24 heavy (non-hydrogen) atoms. The third-order valence-electron chi connectivity index (χ3n) is 2.99. The van der Waals surface area contributed by atoms with Gasteiger partial charge in [0.2, 0.25) is 0 Å². The summed E-state index contributed by atoms with van der Waals surface area (Å²) < 4.78 is 10.7. The van der Waals surface area contributed by atoms with Crippen LogP contribution in [-0.4, -0.2) is 37.6 Å². The first-order valence-corrected chi connectivity index (χ1v) is 7.86. The maximum Gasteiger partial charge on any atom is 0.260 e. The number of benzene rings is 1. The molecule has 124 valence electrons. The fraction of sp³-hybridized carbons (Fsp3) is 0.375. The lowest BCUT2D eigenvalue weighted by Gasteiger charge is -2.20. The summed E-state index contributed by atoms with van der Waals surface area (Å²) in [4.78, 5) is 14.3. The summed E-state index contributed by atoms with van der Waals surface area (Å²) in [5.41, 5.74) is 0. The molecule has 1 rings (SSSR count). The van der Waals surface area contributed by atoms with Gasteiger partial charge in [0.05, 0.1) is 32.1 Å². The van der Waals surface area contributed by atoms with Crippen molar-refractivity contribution in [3.05, 3.63) is 18.2 Å². The van der Waals surface area contributed by atoms with Crippen LogP contribution in [-0.2, 0) is 4.79 Å². The molecule has 0 saturated heterocycles. The van der Waals surface area contributed by atoms with Crippen molar-refractivity contribution in [1.29, 1.82) is 15.8 Å². The molecule has 0 N–H and O–H groups in total. The number of rotatable bonds is 9. The fourth-order valence-electron chi connectivity index (χ4n) is 1.85. The molecule has 7 nitrogen and oxygen atoms in total. The Morgan fingerprint density at radius 2 is 1.83 bits per heavy atom. The lowest BCUT2D eigenvalue weighted by Crippen LogP contribution is -2.36. The van der Waals surface area contributed by atoms with Gasteiger partial charge in [0.1, 0.15) is 5.40 Å². The molecule has 0 unspecified atom stereocenters. The molecule has 0 spiro atoms. The molecule has 1 aromatic rings. The topological polar surface area (TPSA) is 110 Å². The summed E-state index contributed by atoms with van der Waals surface area (Å²) in [5, 5.41) is 27.9. The van der Waals surface area contributed by atoms with E-state index in [9.17, 15) is 4.79 Å². The summed E-state index contributed by atoms with van der Waals surface area (Å²) in [6.45, 7) is 0.294. The number of carbonyl (C=O) groups is 1. The average molecular weight is 344 g/mol. The summed E-state index contributed by atoms with van der Waals surface area (Å²) in [6, 6.07) is 8.92. The van der Waals surface area contributed by atoms with E-state index < -0.39 is 0 Å².